The number of aliphatic hydroxyl groups excluding tert-OH is 3. The fourth-order valence-electron chi connectivity index (χ4n) is 4.18. The molecular formula is C23H25NO3. The lowest BCUT2D eigenvalue weighted by Gasteiger charge is -2.30. The molecule has 0 bridgehead atoms. The number of rotatable bonds is 5. The van der Waals surface area contributed by atoms with Crippen molar-refractivity contribution in [2.24, 2.45) is 0 Å². The van der Waals surface area contributed by atoms with Gasteiger partial charge in [0.2, 0.25) is 0 Å². The maximum Gasteiger partial charge on any atom is 0.0991 e. The molecule has 4 atom stereocenters. The third-order valence-electron chi connectivity index (χ3n) is 5.64. The Bertz CT molecular complexity index is 898. The van der Waals surface area contributed by atoms with E-state index in [1.807, 2.05) is 47.4 Å². The van der Waals surface area contributed by atoms with Gasteiger partial charge in [0.05, 0.1) is 24.9 Å². The summed E-state index contributed by atoms with van der Waals surface area (Å²) >= 11 is 0. The molecule has 140 valence electrons. The van der Waals surface area contributed by atoms with E-state index in [4.69, 9.17) is 0 Å². The van der Waals surface area contributed by atoms with Crippen molar-refractivity contribution < 1.29 is 15.3 Å². The summed E-state index contributed by atoms with van der Waals surface area (Å²) < 4.78 is 0. The minimum Gasteiger partial charge on any atom is -0.395 e. The quantitative estimate of drug-likeness (QED) is 0.651. The minimum absolute atomic E-state index is 0.183. The van der Waals surface area contributed by atoms with Gasteiger partial charge in [-0.25, -0.2) is 0 Å². The van der Waals surface area contributed by atoms with E-state index in [0.717, 1.165) is 16.5 Å². The van der Waals surface area contributed by atoms with Crippen molar-refractivity contribution >= 4 is 10.8 Å². The highest BCUT2D eigenvalue weighted by molar-refractivity contribution is 5.82. The topological polar surface area (TPSA) is 63.9 Å². The van der Waals surface area contributed by atoms with E-state index in [2.05, 4.69) is 30.3 Å². The summed E-state index contributed by atoms with van der Waals surface area (Å²) in [6.07, 6.45) is -1.21. The Morgan fingerprint density at radius 1 is 0.704 bits per heavy atom. The van der Waals surface area contributed by atoms with Gasteiger partial charge in [0.25, 0.3) is 0 Å². The van der Waals surface area contributed by atoms with Crippen molar-refractivity contribution in [2.45, 2.75) is 37.3 Å². The van der Waals surface area contributed by atoms with Crippen molar-refractivity contribution in [3.05, 3.63) is 83.9 Å². The molecule has 1 saturated heterocycles. The first-order chi connectivity index (χ1) is 13.2. The molecule has 4 rings (SSSR count). The average molecular weight is 363 g/mol. The van der Waals surface area contributed by atoms with Crippen LogP contribution in [-0.2, 0) is 13.0 Å². The van der Waals surface area contributed by atoms with E-state index >= 15 is 0 Å². The van der Waals surface area contributed by atoms with Crippen LogP contribution in [0.2, 0.25) is 0 Å². The Kier molecular flexibility index (Phi) is 5.23. The standard InChI is InChI=1S/C23H25NO3/c25-15-21-23(27)22(26)20(13-16-6-2-1-3-7-16)24(21)14-17-10-11-18-8-4-5-9-19(18)12-17/h1-12,20-23,25-27H,13-15H2/t20-,21+,22-,23+/m0/s1. The molecule has 0 amide bonds. The zero-order valence-corrected chi connectivity index (χ0v) is 15.1. The first-order valence-corrected chi connectivity index (χ1v) is 9.41. The number of aliphatic hydroxyl groups is 3. The number of hydrogen-bond acceptors (Lipinski definition) is 4. The first-order valence-electron chi connectivity index (χ1n) is 9.41. The summed E-state index contributed by atoms with van der Waals surface area (Å²) in [4.78, 5) is 2.05. The van der Waals surface area contributed by atoms with Crippen molar-refractivity contribution in [3.63, 3.8) is 0 Å². The summed E-state index contributed by atoms with van der Waals surface area (Å²) in [6, 6.07) is 23.8. The SMILES string of the molecule is OC[C@@H]1[C@@H](O)[C@@H](O)[C@H](Cc2ccccc2)N1Cc1ccc2ccccc2c1. The van der Waals surface area contributed by atoms with Gasteiger partial charge in [-0.2, -0.15) is 0 Å². The second kappa shape index (κ2) is 7.79. The van der Waals surface area contributed by atoms with Crippen LogP contribution in [0.5, 0.6) is 0 Å². The molecule has 3 aromatic carbocycles. The summed E-state index contributed by atoms with van der Waals surface area (Å²) in [5, 5.41) is 33.3. The largest absolute Gasteiger partial charge is 0.395 e. The van der Waals surface area contributed by atoms with Crippen LogP contribution in [0.4, 0.5) is 0 Å². The van der Waals surface area contributed by atoms with Crippen molar-refractivity contribution in [3.8, 4) is 0 Å². The van der Waals surface area contributed by atoms with Gasteiger partial charge >= 0.3 is 0 Å². The lowest BCUT2D eigenvalue weighted by atomic mass is 10.0. The maximum atomic E-state index is 10.6. The van der Waals surface area contributed by atoms with Gasteiger partial charge in [0.15, 0.2) is 0 Å². The van der Waals surface area contributed by atoms with Gasteiger partial charge in [0.1, 0.15) is 0 Å². The molecule has 0 aliphatic carbocycles. The van der Waals surface area contributed by atoms with Crippen LogP contribution >= 0.6 is 0 Å². The van der Waals surface area contributed by atoms with Crippen LogP contribution in [0.3, 0.4) is 0 Å². The highest BCUT2D eigenvalue weighted by atomic mass is 16.3. The monoisotopic (exact) mass is 363 g/mol. The van der Waals surface area contributed by atoms with E-state index in [9.17, 15) is 15.3 Å². The number of benzene rings is 3. The molecular weight excluding hydrogens is 338 g/mol. The molecule has 0 aromatic heterocycles. The molecule has 3 N–H and O–H groups in total. The second-order valence-electron chi connectivity index (χ2n) is 7.34. The van der Waals surface area contributed by atoms with E-state index in [1.54, 1.807) is 0 Å². The minimum atomic E-state index is -0.954. The average Bonchev–Trinajstić information content (AvgIpc) is 2.92. The smallest absolute Gasteiger partial charge is 0.0991 e. The molecule has 1 aliphatic rings. The summed E-state index contributed by atoms with van der Waals surface area (Å²) in [5.41, 5.74) is 2.21. The predicted octanol–water partition coefficient (Wildman–Crippen LogP) is 2.35. The van der Waals surface area contributed by atoms with Crippen LogP contribution in [0.1, 0.15) is 11.1 Å². The van der Waals surface area contributed by atoms with Gasteiger partial charge < -0.3 is 15.3 Å². The Balaban J connectivity index is 1.63. The van der Waals surface area contributed by atoms with Gasteiger partial charge in [-0.3, -0.25) is 4.90 Å². The fraction of sp³-hybridized carbons (Fsp3) is 0.304. The third-order valence-corrected chi connectivity index (χ3v) is 5.64. The maximum absolute atomic E-state index is 10.6. The Morgan fingerprint density at radius 3 is 2.11 bits per heavy atom. The highest BCUT2D eigenvalue weighted by Gasteiger charge is 2.46. The zero-order chi connectivity index (χ0) is 18.8. The molecule has 1 fully saturated rings. The van der Waals surface area contributed by atoms with Crippen LogP contribution in [-0.4, -0.2) is 51.1 Å². The van der Waals surface area contributed by atoms with Gasteiger partial charge in [-0.1, -0.05) is 66.7 Å². The molecule has 0 radical (unpaired) electrons. The first kappa shape index (κ1) is 18.1. The number of nitrogens with zero attached hydrogens (tertiary/aromatic N) is 1. The number of hydrogen-bond donors (Lipinski definition) is 3. The molecule has 3 aromatic rings. The van der Waals surface area contributed by atoms with Gasteiger partial charge in [0, 0.05) is 12.6 Å². The number of likely N-dealkylation sites (tertiary alicyclic amines) is 1. The Labute approximate surface area is 159 Å². The second-order valence-corrected chi connectivity index (χ2v) is 7.34. The van der Waals surface area contributed by atoms with Crippen LogP contribution in [0.25, 0.3) is 10.8 Å². The Hall–Kier alpha value is -2.24. The lowest BCUT2D eigenvalue weighted by Crippen LogP contribution is -2.41. The molecule has 0 unspecified atom stereocenters. The van der Waals surface area contributed by atoms with Gasteiger partial charge in [-0.05, 0) is 34.4 Å². The van der Waals surface area contributed by atoms with E-state index in [1.165, 1.54) is 5.39 Å². The van der Waals surface area contributed by atoms with Gasteiger partial charge in [-0.15, -0.1) is 0 Å². The fourth-order valence-corrected chi connectivity index (χ4v) is 4.18. The lowest BCUT2D eigenvalue weighted by molar-refractivity contribution is 0.0178. The normalized spacial score (nSPS) is 25.9. The predicted molar refractivity (Wildman–Crippen MR) is 106 cm³/mol. The van der Waals surface area contributed by atoms with Crippen LogP contribution in [0, 0.1) is 0 Å². The summed E-state index contributed by atoms with van der Waals surface area (Å²) in [7, 11) is 0. The molecule has 0 saturated carbocycles. The van der Waals surface area contributed by atoms with Crippen molar-refractivity contribution in [1.82, 2.24) is 4.90 Å². The summed E-state index contributed by atoms with van der Waals surface area (Å²) in [5.74, 6) is 0. The van der Waals surface area contributed by atoms with E-state index in [-0.39, 0.29) is 12.6 Å². The number of fused-ring (bicyclic) bond motifs is 1. The third kappa shape index (κ3) is 3.62. The van der Waals surface area contributed by atoms with E-state index < -0.39 is 18.2 Å². The highest BCUT2D eigenvalue weighted by Crippen LogP contribution is 2.30. The molecule has 4 nitrogen and oxygen atoms in total. The molecule has 27 heavy (non-hydrogen) atoms. The zero-order valence-electron chi connectivity index (χ0n) is 15.1. The molecule has 1 heterocycles. The van der Waals surface area contributed by atoms with Crippen LogP contribution in [0.15, 0.2) is 72.8 Å². The summed E-state index contributed by atoms with van der Waals surface area (Å²) in [6.45, 7) is 0.388. The molecule has 1 aliphatic heterocycles. The Morgan fingerprint density at radius 2 is 1.37 bits per heavy atom. The van der Waals surface area contributed by atoms with Crippen molar-refractivity contribution in [2.75, 3.05) is 6.61 Å². The molecule has 0 spiro atoms. The molecule has 4 heteroatoms. The van der Waals surface area contributed by atoms with Crippen molar-refractivity contribution in [1.29, 1.82) is 0 Å². The van der Waals surface area contributed by atoms with Crippen LogP contribution < -0.4 is 0 Å². The van der Waals surface area contributed by atoms with E-state index in [0.29, 0.717) is 13.0 Å².